The molecule has 0 unspecified atom stereocenters. The first-order valence-electron chi connectivity index (χ1n) is 2.71. The molecule has 0 saturated carbocycles. The van der Waals surface area contributed by atoms with E-state index >= 15 is 0 Å². The van der Waals surface area contributed by atoms with Gasteiger partial charge in [-0.1, -0.05) is 23.9 Å². The molecule has 0 aromatic heterocycles. The number of carboxylic acid groups (broad SMARTS) is 1. The maximum Gasteiger partial charge on any atom is 3.00 e. The molecule has 1 rings (SSSR count). The van der Waals surface area contributed by atoms with Gasteiger partial charge in [-0.15, -0.1) is 0 Å². The third kappa shape index (κ3) is 2.93. The van der Waals surface area contributed by atoms with E-state index in [0.29, 0.717) is 0 Å². The molecular formula is C7H8CrNO3+2. The number of aromatic carboxylic acids is 1. The molecule has 4 N–H and O–H groups in total. The summed E-state index contributed by atoms with van der Waals surface area (Å²) in [6.45, 7) is 0. The fourth-order valence-electron chi connectivity index (χ4n) is 0.643. The van der Waals surface area contributed by atoms with E-state index in [1.165, 1.54) is 24.3 Å². The van der Waals surface area contributed by atoms with Crippen LogP contribution in [0.2, 0.25) is 0 Å². The molecule has 0 bridgehead atoms. The minimum Gasteiger partial charge on any atom is -0.872 e. The summed E-state index contributed by atoms with van der Waals surface area (Å²) in [5, 5.41) is 19.0. The van der Waals surface area contributed by atoms with Gasteiger partial charge in [0.25, 0.3) is 0 Å². The van der Waals surface area contributed by atoms with Gasteiger partial charge in [-0.2, -0.15) is 0 Å². The topological polar surface area (TPSA) is 95.4 Å². The van der Waals surface area contributed by atoms with Gasteiger partial charge in [-0.25, -0.2) is 4.79 Å². The number of hydrogen-bond donors (Lipinski definition) is 2. The standard InChI is InChI=1S/C7H6O3.Cr.H3N/c8-6-4-2-1-3-5(6)7(9)10;;/h1-4,8H,(H,9,10);;1H3/q;+3;/p-1. The Kier molecular flexibility index (Phi) is 6.34. The van der Waals surface area contributed by atoms with Crippen molar-refractivity contribution in [2.75, 3.05) is 0 Å². The van der Waals surface area contributed by atoms with Crippen LogP contribution in [0.15, 0.2) is 24.3 Å². The Morgan fingerprint density at radius 1 is 1.33 bits per heavy atom. The van der Waals surface area contributed by atoms with Crippen LogP contribution in [0.5, 0.6) is 5.75 Å². The number of rotatable bonds is 1. The minimum atomic E-state index is -1.18. The second-order valence-electron chi connectivity index (χ2n) is 1.80. The molecule has 1 aromatic rings. The van der Waals surface area contributed by atoms with Crippen LogP contribution >= 0.6 is 0 Å². The first kappa shape index (κ1) is 13.6. The Hall–Kier alpha value is -1.02. The third-order valence-electron chi connectivity index (χ3n) is 1.12. The average molecular weight is 206 g/mol. The summed E-state index contributed by atoms with van der Waals surface area (Å²) >= 11 is 0. The summed E-state index contributed by atoms with van der Waals surface area (Å²) < 4.78 is 0. The van der Waals surface area contributed by atoms with Crippen LogP contribution in [0.3, 0.4) is 0 Å². The molecule has 4 nitrogen and oxygen atoms in total. The summed E-state index contributed by atoms with van der Waals surface area (Å²) in [6.07, 6.45) is 0. The van der Waals surface area contributed by atoms with Crippen molar-refractivity contribution in [1.82, 2.24) is 6.15 Å². The second-order valence-corrected chi connectivity index (χ2v) is 1.80. The predicted molar refractivity (Wildman–Crippen MR) is 37.9 cm³/mol. The minimum absolute atomic E-state index is 0. The molecule has 63 valence electrons. The smallest absolute Gasteiger partial charge is 0.872 e. The number of benzene rings is 1. The van der Waals surface area contributed by atoms with Crippen molar-refractivity contribution in [3.63, 3.8) is 0 Å². The van der Waals surface area contributed by atoms with E-state index in [0.717, 1.165) is 0 Å². The Labute approximate surface area is 80.6 Å². The first-order valence-corrected chi connectivity index (χ1v) is 2.71. The van der Waals surface area contributed by atoms with E-state index in [1.807, 2.05) is 0 Å². The second kappa shape index (κ2) is 5.61. The van der Waals surface area contributed by atoms with Gasteiger partial charge in [0.15, 0.2) is 0 Å². The summed E-state index contributed by atoms with van der Waals surface area (Å²) in [4.78, 5) is 10.2. The summed E-state index contributed by atoms with van der Waals surface area (Å²) in [5.41, 5.74) is -0.178. The van der Waals surface area contributed by atoms with Crippen LogP contribution in [0.25, 0.3) is 0 Å². The molecule has 12 heavy (non-hydrogen) atoms. The molecule has 1 radical (unpaired) electrons. The molecular weight excluding hydrogens is 198 g/mol. The Morgan fingerprint density at radius 3 is 2.17 bits per heavy atom. The van der Waals surface area contributed by atoms with Crippen LogP contribution in [0.4, 0.5) is 0 Å². The molecule has 1 aromatic carbocycles. The number of hydrogen-bond acceptors (Lipinski definition) is 3. The molecule has 5 heteroatoms. The van der Waals surface area contributed by atoms with Gasteiger partial charge < -0.3 is 16.4 Å². The molecule has 0 saturated heterocycles. The van der Waals surface area contributed by atoms with E-state index in [9.17, 15) is 9.90 Å². The van der Waals surface area contributed by atoms with Crippen molar-refractivity contribution >= 4 is 5.97 Å². The van der Waals surface area contributed by atoms with Gasteiger partial charge in [0.2, 0.25) is 0 Å². The fraction of sp³-hybridized carbons (Fsp3) is 0. The monoisotopic (exact) mass is 206 g/mol. The van der Waals surface area contributed by atoms with E-state index in [4.69, 9.17) is 5.11 Å². The van der Waals surface area contributed by atoms with Crippen LogP contribution in [-0.4, -0.2) is 11.1 Å². The Bertz CT molecular complexity index is 265. The quantitative estimate of drug-likeness (QED) is 0.703. The molecule has 0 heterocycles. The van der Waals surface area contributed by atoms with Crippen LogP contribution < -0.4 is 11.3 Å². The summed E-state index contributed by atoms with van der Waals surface area (Å²) in [6, 6.07) is 5.54. The van der Waals surface area contributed by atoms with E-state index < -0.39 is 11.7 Å². The summed E-state index contributed by atoms with van der Waals surface area (Å²) in [7, 11) is 0. The fourth-order valence-corrected chi connectivity index (χ4v) is 0.643. The van der Waals surface area contributed by atoms with Crippen LogP contribution in [0, 0.1) is 0 Å². The Morgan fingerprint density at radius 2 is 1.83 bits per heavy atom. The van der Waals surface area contributed by atoms with Crippen molar-refractivity contribution in [2.45, 2.75) is 0 Å². The van der Waals surface area contributed by atoms with Gasteiger partial charge in [-0.3, -0.25) is 0 Å². The maximum absolute atomic E-state index is 10.7. The number of para-hydroxylation sites is 1. The first-order chi connectivity index (χ1) is 4.72. The van der Waals surface area contributed by atoms with Crippen molar-refractivity contribution in [3.8, 4) is 5.75 Å². The zero-order valence-corrected chi connectivity index (χ0v) is 7.46. The normalized spacial score (nSPS) is 7.67. The van der Waals surface area contributed by atoms with E-state index in [2.05, 4.69) is 0 Å². The molecule has 0 atom stereocenters. The van der Waals surface area contributed by atoms with Crippen molar-refractivity contribution in [2.24, 2.45) is 0 Å². The van der Waals surface area contributed by atoms with Gasteiger partial charge in [0, 0.05) is 0 Å². The van der Waals surface area contributed by atoms with E-state index in [-0.39, 0.29) is 29.1 Å². The zero-order chi connectivity index (χ0) is 7.56. The SMILES string of the molecule is N.O=C(O)c1ccccc1[O-].[Cr+3]. The molecule has 0 aliphatic heterocycles. The largest absolute Gasteiger partial charge is 3.00 e. The van der Waals surface area contributed by atoms with Crippen LogP contribution in [-0.2, 0) is 17.4 Å². The zero-order valence-electron chi connectivity index (χ0n) is 6.19. The molecule has 0 spiro atoms. The van der Waals surface area contributed by atoms with Gasteiger partial charge in [0.1, 0.15) is 0 Å². The molecule has 0 amide bonds. The van der Waals surface area contributed by atoms with Crippen molar-refractivity contribution < 1.29 is 32.4 Å². The summed E-state index contributed by atoms with van der Waals surface area (Å²) in [5.74, 6) is -1.62. The van der Waals surface area contributed by atoms with Gasteiger partial charge in [-0.05, 0) is 6.07 Å². The molecule has 0 aliphatic carbocycles. The van der Waals surface area contributed by atoms with E-state index in [1.54, 1.807) is 0 Å². The molecule has 0 aliphatic rings. The molecule has 0 fully saturated rings. The third-order valence-corrected chi connectivity index (χ3v) is 1.12. The van der Waals surface area contributed by atoms with Crippen LogP contribution in [0.1, 0.15) is 10.4 Å². The van der Waals surface area contributed by atoms with Gasteiger partial charge in [0.05, 0.1) is 5.56 Å². The number of carbonyl (C=O) groups is 1. The number of carboxylic acids is 1. The average Bonchev–Trinajstić information content (AvgIpc) is 1.88. The Balaban J connectivity index is 0. The van der Waals surface area contributed by atoms with Crippen molar-refractivity contribution in [1.29, 1.82) is 0 Å². The van der Waals surface area contributed by atoms with Gasteiger partial charge >= 0.3 is 23.3 Å². The van der Waals surface area contributed by atoms with Crippen molar-refractivity contribution in [3.05, 3.63) is 29.8 Å². The predicted octanol–water partition coefficient (Wildman–Crippen LogP) is 0.618. The maximum atomic E-state index is 10.7.